The van der Waals surface area contributed by atoms with Gasteiger partial charge in [-0.3, -0.25) is 9.59 Å². The Morgan fingerprint density at radius 3 is 2.63 bits per heavy atom. The van der Waals surface area contributed by atoms with Gasteiger partial charge < -0.3 is 15.0 Å². The third-order valence-electron chi connectivity index (χ3n) is 7.04. The van der Waals surface area contributed by atoms with Gasteiger partial charge in [-0.05, 0) is 61.9 Å². The normalized spacial score (nSPS) is 24.1. The maximum absolute atomic E-state index is 13.1. The molecule has 6 heteroatoms. The summed E-state index contributed by atoms with van der Waals surface area (Å²) in [5.41, 5.74) is 2.10. The number of rotatable bonds is 8. The summed E-state index contributed by atoms with van der Waals surface area (Å²) in [4.78, 5) is 28.8. The quantitative estimate of drug-likeness (QED) is 0.372. The van der Waals surface area contributed by atoms with Crippen LogP contribution in [0.3, 0.4) is 0 Å². The zero-order chi connectivity index (χ0) is 24.8. The van der Waals surface area contributed by atoms with Gasteiger partial charge in [0.05, 0.1) is 17.6 Å². The molecule has 2 aliphatic rings. The maximum atomic E-state index is 13.1. The number of benzene rings is 2. The highest BCUT2D eigenvalue weighted by Crippen LogP contribution is 2.43. The molecule has 2 aromatic rings. The van der Waals surface area contributed by atoms with Crippen molar-refractivity contribution in [1.29, 1.82) is 0 Å². The van der Waals surface area contributed by atoms with E-state index in [0.717, 1.165) is 54.1 Å². The van der Waals surface area contributed by atoms with E-state index < -0.39 is 0 Å². The largest absolute Gasteiger partial charge is 0.494 e. The van der Waals surface area contributed by atoms with Crippen LogP contribution in [0.15, 0.2) is 59.5 Å². The molecule has 1 aliphatic heterocycles. The van der Waals surface area contributed by atoms with Crippen molar-refractivity contribution in [3.63, 3.8) is 0 Å². The van der Waals surface area contributed by atoms with Crippen LogP contribution in [0, 0.1) is 5.92 Å². The number of likely N-dealkylation sites (N-methyl/N-ethyl adjacent to an activating group) is 1. The predicted octanol–water partition coefficient (Wildman–Crippen LogP) is 5.83. The summed E-state index contributed by atoms with van der Waals surface area (Å²) in [6.45, 7) is 4.89. The van der Waals surface area contributed by atoms with Gasteiger partial charge in [0.2, 0.25) is 5.91 Å². The fourth-order valence-electron chi connectivity index (χ4n) is 4.84. The Bertz CT molecular complexity index is 1040. The van der Waals surface area contributed by atoms with E-state index in [1.165, 1.54) is 0 Å². The summed E-state index contributed by atoms with van der Waals surface area (Å²) < 4.78 is 5.74. The van der Waals surface area contributed by atoms with Gasteiger partial charge in [-0.1, -0.05) is 55.8 Å². The fraction of sp³-hybridized carbons (Fsp3) is 0.448. The third kappa shape index (κ3) is 6.29. The van der Waals surface area contributed by atoms with Crippen LogP contribution in [0.4, 0.5) is 0 Å². The Morgan fingerprint density at radius 1 is 1.17 bits per heavy atom. The van der Waals surface area contributed by atoms with Crippen LogP contribution in [-0.4, -0.2) is 41.7 Å². The fourth-order valence-corrected chi connectivity index (χ4v) is 6.32. The molecule has 0 bridgehead atoms. The molecular formula is C29H36N2O3S. The summed E-state index contributed by atoms with van der Waals surface area (Å²) in [6.07, 6.45) is 6.62. The lowest BCUT2D eigenvalue weighted by atomic mass is 9.83. The number of nitrogens with zero attached hydrogens (tertiary/aromatic N) is 1. The Kier molecular flexibility index (Phi) is 8.55. The molecule has 1 saturated carbocycles. The molecule has 2 amide bonds. The summed E-state index contributed by atoms with van der Waals surface area (Å²) in [7, 11) is 1.88. The number of nitrogens with one attached hydrogen (secondary N) is 1. The minimum Gasteiger partial charge on any atom is -0.494 e. The van der Waals surface area contributed by atoms with Crippen LogP contribution in [0.2, 0.25) is 0 Å². The van der Waals surface area contributed by atoms with Crippen molar-refractivity contribution in [2.75, 3.05) is 13.7 Å². The number of amides is 2. The zero-order valence-electron chi connectivity index (χ0n) is 20.9. The molecule has 5 nitrogen and oxygen atoms in total. The van der Waals surface area contributed by atoms with Crippen molar-refractivity contribution in [2.45, 2.75) is 63.3 Å². The Hall–Kier alpha value is -2.73. The van der Waals surface area contributed by atoms with Crippen molar-refractivity contribution < 1.29 is 14.3 Å². The molecule has 0 spiro atoms. The molecule has 186 valence electrons. The van der Waals surface area contributed by atoms with Gasteiger partial charge in [0.1, 0.15) is 5.75 Å². The first-order valence-electron chi connectivity index (χ1n) is 12.7. The number of ether oxygens (including phenoxy) is 1. The van der Waals surface area contributed by atoms with Gasteiger partial charge in [-0.25, -0.2) is 0 Å². The third-order valence-corrected chi connectivity index (χ3v) is 8.43. The Morgan fingerprint density at radius 2 is 1.91 bits per heavy atom. The molecule has 4 unspecified atom stereocenters. The van der Waals surface area contributed by atoms with Gasteiger partial charge in [0.25, 0.3) is 5.91 Å². The van der Waals surface area contributed by atoms with Gasteiger partial charge in [-0.15, -0.1) is 11.8 Å². The van der Waals surface area contributed by atoms with Crippen molar-refractivity contribution in [3.05, 3.63) is 70.6 Å². The molecule has 2 aromatic carbocycles. The van der Waals surface area contributed by atoms with E-state index in [4.69, 9.17) is 4.74 Å². The number of carbonyl (C=O) groups is 2. The molecule has 4 atom stereocenters. The van der Waals surface area contributed by atoms with Gasteiger partial charge in [0.15, 0.2) is 0 Å². The second kappa shape index (κ2) is 11.8. The predicted molar refractivity (Wildman–Crippen MR) is 143 cm³/mol. The van der Waals surface area contributed by atoms with Crippen LogP contribution >= 0.6 is 11.8 Å². The average Bonchev–Trinajstić information content (AvgIpc) is 2.88. The SMILES string of the molecule is CCCCOc1ccc(C(C)NC(=O)C2CCC3S/C(=C\c4ccccc4)C(=O)N(C)C3C2)cc1. The van der Waals surface area contributed by atoms with E-state index in [-0.39, 0.29) is 29.8 Å². The van der Waals surface area contributed by atoms with Gasteiger partial charge in [0, 0.05) is 24.3 Å². The number of thioether (sulfide) groups is 1. The Balaban J connectivity index is 1.34. The minimum atomic E-state index is -0.0783. The molecule has 0 aromatic heterocycles. The molecule has 0 radical (unpaired) electrons. The smallest absolute Gasteiger partial charge is 0.260 e. The maximum Gasteiger partial charge on any atom is 0.260 e. The Labute approximate surface area is 213 Å². The first-order chi connectivity index (χ1) is 17.0. The summed E-state index contributed by atoms with van der Waals surface area (Å²) >= 11 is 1.68. The first-order valence-corrected chi connectivity index (χ1v) is 13.6. The molecular weight excluding hydrogens is 456 g/mol. The minimum absolute atomic E-state index is 0.0516. The molecule has 1 aliphatic carbocycles. The molecule has 2 fully saturated rings. The van der Waals surface area contributed by atoms with Crippen LogP contribution in [0.25, 0.3) is 6.08 Å². The van der Waals surface area contributed by atoms with Crippen LogP contribution in [-0.2, 0) is 9.59 Å². The molecule has 35 heavy (non-hydrogen) atoms. The van der Waals surface area contributed by atoms with E-state index in [1.54, 1.807) is 11.8 Å². The van der Waals surface area contributed by atoms with Crippen molar-refractivity contribution in [2.24, 2.45) is 5.92 Å². The summed E-state index contributed by atoms with van der Waals surface area (Å²) in [5.74, 6) is 0.916. The number of hydrogen-bond donors (Lipinski definition) is 1. The number of unbranched alkanes of at least 4 members (excludes halogenated alkanes) is 1. The van der Waals surface area contributed by atoms with Gasteiger partial charge in [-0.2, -0.15) is 0 Å². The highest BCUT2D eigenvalue weighted by molar-refractivity contribution is 8.04. The highest BCUT2D eigenvalue weighted by Gasteiger charge is 2.43. The number of hydrogen-bond acceptors (Lipinski definition) is 4. The van der Waals surface area contributed by atoms with Gasteiger partial charge >= 0.3 is 0 Å². The second-order valence-electron chi connectivity index (χ2n) is 9.57. The van der Waals surface area contributed by atoms with Crippen LogP contribution in [0.1, 0.15) is 63.1 Å². The number of fused-ring (bicyclic) bond motifs is 1. The van der Waals surface area contributed by atoms with Crippen LogP contribution in [0.5, 0.6) is 5.75 Å². The monoisotopic (exact) mass is 492 g/mol. The van der Waals surface area contributed by atoms with Crippen molar-refractivity contribution in [1.82, 2.24) is 10.2 Å². The van der Waals surface area contributed by atoms with Crippen LogP contribution < -0.4 is 10.1 Å². The highest BCUT2D eigenvalue weighted by atomic mass is 32.2. The lowest BCUT2D eigenvalue weighted by Gasteiger charge is -2.44. The lowest BCUT2D eigenvalue weighted by molar-refractivity contribution is -0.132. The lowest BCUT2D eigenvalue weighted by Crippen LogP contribution is -2.52. The average molecular weight is 493 g/mol. The van der Waals surface area contributed by atoms with E-state index in [1.807, 2.05) is 79.5 Å². The van der Waals surface area contributed by atoms with E-state index in [0.29, 0.717) is 11.7 Å². The molecule has 1 heterocycles. The summed E-state index contributed by atoms with van der Waals surface area (Å²) in [5, 5.41) is 3.53. The topological polar surface area (TPSA) is 58.6 Å². The zero-order valence-corrected chi connectivity index (χ0v) is 21.7. The molecule has 4 rings (SSSR count). The number of carbonyl (C=O) groups excluding carboxylic acids is 2. The van der Waals surface area contributed by atoms with E-state index in [2.05, 4.69) is 12.2 Å². The molecule has 1 N–H and O–H groups in total. The van der Waals surface area contributed by atoms with E-state index in [9.17, 15) is 9.59 Å². The van der Waals surface area contributed by atoms with Crippen molar-refractivity contribution >= 4 is 29.7 Å². The first kappa shape index (κ1) is 25.4. The second-order valence-corrected chi connectivity index (χ2v) is 10.9. The van der Waals surface area contributed by atoms with E-state index >= 15 is 0 Å². The van der Waals surface area contributed by atoms with Crippen molar-refractivity contribution in [3.8, 4) is 5.75 Å². The standard InChI is InChI=1S/C29H36N2O3S/c1-4-5-17-34-24-14-11-22(12-15-24)20(2)30-28(32)23-13-16-26-25(19-23)31(3)29(33)27(35-26)18-21-9-7-6-8-10-21/h6-12,14-15,18,20,23,25-26H,4-5,13,16-17,19H2,1-3H3,(H,30,32)/b27-18-. The molecule has 1 saturated heterocycles. The summed E-state index contributed by atoms with van der Waals surface area (Å²) in [6, 6.07) is 18.0.